The van der Waals surface area contributed by atoms with Crippen LogP contribution in [0, 0.1) is 33.5 Å². The molecule has 3 nitrogen and oxygen atoms in total. The maximum absolute atomic E-state index is 11.9. The molecule has 0 spiro atoms. The Balaban J connectivity index is 2.25. The zero-order valence-corrected chi connectivity index (χ0v) is 9.33. The Bertz CT molecular complexity index is 412. The maximum atomic E-state index is 11.9. The minimum Gasteiger partial charge on any atom is -0.460 e. The molecule has 15 heavy (non-hydrogen) atoms. The van der Waals surface area contributed by atoms with E-state index in [1.165, 1.54) is 0 Å². The number of ether oxygens (including phenoxy) is 1. The Morgan fingerprint density at radius 1 is 1.47 bits per heavy atom. The highest BCUT2D eigenvalue weighted by Gasteiger charge is 2.80. The van der Waals surface area contributed by atoms with Gasteiger partial charge in [-0.1, -0.05) is 20.8 Å². The third-order valence-electron chi connectivity index (χ3n) is 5.37. The molecule has 3 rings (SSSR count). The fourth-order valence-corrected chi connectivity index (χ4v) is 4.41. The quantitative estimate of drug-likeness (QED) is 0.567. The van der Waals surface area contributed by atoms with Gasteiger partial charge in [0.1, 0.15) is 6.10 Å². The molecule has 0 aromatic heterocycles. The lowest BCUT2D eigenvalue weighted by Gasteiger charge is -2.36. The SMILES string of the molecule is CC1C2OC(=O)C3(C#N)CC1(C)CC23C. The standard InChI is InChI=1S/C12H15NO2/c1-7-8-11(3)4-10(7,2)5-12(11,6-13)9(14)15-8/h7-8H,4-5H2,1-3H3. The van der Waals surface area contributed by atoms with Gasteiger partial charge in [0.2, 0.25) is 0 Å². The van der Waals surface area contributed by atoms with E-state index in [2.05, 4.69) is 26.8 Å². The first-order chi connectivity index (χ1) is 6.90. The molecule has 0 amide bonds. The average molecular weight is 205 g/mol. The van der Waals surface area contributed by atoms with E-state index in [9.17, 15) is 10.1 Å². The Morgan fingerprint density at radius 3 is 2.67 bits per heavy atom. The molecular weight excluding hydrogens is 190 g/mol. The highest BCUT2D eigenvalue weighted by molar-refractivity contribution is 5.85. The number of nitrogens with zero attached hydrogens (tertiary/aromatic N) is 1. The van der Waals surface area contributed by atoms with E-state index in [1.54, 1.807) is 0 Å². The fourth-order valence-electron chi connectivity index (χ4n) is 4.41. The van der Waals surface area contributed by atoms with Gasteiger partial charge in [0, 0.05) is 5.41 Å². The van der Waals surface area contributed by atoms with Crippen LogP contribution in [0.4, 0.5) is 0 Å². The molecule has 80 valence electrons. The number of carbonyl (C=O) groups excluding carboxylic acids is 1. The summed E-state index contributed by atoms with van der Waals surface area (Å²) in [5.41, 5.74) is -0.979. The second-order valence-electron chi connectivity index (χ2n) is 6.06. The molecule has 5 atom stereocenters. The Morgan fingerprint density at radius 2 is 2.13 bits per heavy atom. The Labute approximate surface area is 89.4 Å². The minimum atomic E-state index is -0.848. The molecule has 0 aromatic carbocycles. The molecule has 0 aromatic rings. The number of fused-ring (bicyclic) bond motifs is 1. The van der Waals surface area contributed by atoms with Crippen molar-refractivity contribution in [3.63, 3.8) is 0 Å². The summed E-state index contributed by atoms with van der Waals surface area (Å²) in [7, 11) is 0. The van der Waals surface area contributed by atoms with Crippen molar-refractivity contribution in [1.29, 1.82) is 5.26 Å². The number of carbonyl (C=O) groups is 1. The highest BCUT2D eigenvalue weighted by Crippen LogP contribution is 2.75. The van der Waals surface area contributed by atoms with Gasteiger partial charge in [-0.2, -0.15) is 5.26 Å². The van der Waals surface area contributed by atoms with Gasteiger partial charge in [0.25, 0.3) is 0 Å². The van der Waals surface area contributed by atoms with Gasteiger partial charge >= 0.3 is 5.97 Å². The molecule has 1 heterocycles. The van der Waals surface area contributed by atoms with Gasteiger partial charge in [-0.15, -0.1) is 0 Å². The summed E-state index contributed by atoms with van der Waals surface area (Å²) in [6, 6.07) is 2.26. The zero-order valence-electron chi connectivity index (χ0n) is 9.33. The summed E-state index contributed by atoms with van der Waals surface area (Å²) in [5, 5.41) is 9.35. The van der Waals surface area contributed by atoms with Crippen molar-refractivity contribution in [2.24, 2.45) is 22.2 Å². The topological polar surface area (TPSA) is 50.1 Å². The van der Waals surface area contributed by atoms with Crippen molar-refractivity contribution < 1.29 is 9.53 Å². The predicted molar refractivity (Wildman–Crippen MR) is 52.5 cm³/mol. The van der Waals surface area contributed by atoms with Crippen LogP contribution in [0.3, 0.4) is 0 Å². The average Bonchev–Trinajstić information content (AvgIpc) is 2.57. The third-order valence-corrected chi connectivity index (χ3v) is 5.37. The van der Waals surface area contributed by atoms with Crippen LogP contribution in [0.25, 0.3) is 0 Å². The lowest BCUT2D eigenvalue weighted by atomic mass is 9.61. The number of hydrogen-bond acceptors (Lipinski definition) is 3. The van der Waals surface area contributed by atoms with Gasteiger partial charge in [0.15, 0.2) is 5.41 Å². The van der Waals surface area contributed by atoms with E-state index < -0.39 is 5.41 Å². The highest BCUT2D eigenvalue weighted by atomic mass is 16.6. The molecule has 2 aliphatic carbocycles. The van der Waals surface area contributed by atoms with Crippen LogP contribution in [0.2, 0.25) is 0 Å². The van der Waals surface area contributed by atoms with Crippen LogP contribution in [0.15, 0.2) is 0 Å². The van der Waals surface area contributed by atoms with Crippen LogP contribution in [-0.2, 0) is 9.53 Å². The molecule has 2 bridgehead atoms. The van der Waals surface area contributed by atoms with E-state index in [4.69, 9.17) is 4.74 Å². The van der Waals surface area contributed by atoms with Crippen LogP contribution in [0.1, 0.15) is 33.6 Å². The maximum Gasteiger partial charge on any atom is 0.327 e. The Kier molecular flexibility index (Phi) is 1.27. The van der Waals surface area contributed by atoms with Crippen LogP contribution < -0.4 is 0 Å². The number of hydrogen-bond donors (Lipinski definition) is 0. The van der Waals surface area contributed by atoms with Crippen molar-refractivity contribution in [2.45, 2.75) is 39.7 Å². The molecule has 3 heteroatoms. The monoisotopic (exact) mass is 205 g/mol. The van der Waals surface area contributed by atoms with E-state index in [1.807, 2.05) is 0 Å². The molecule has 5 unspecified atom stereocenters. The minimum absolute atomic E-state index is 0.0385. The summed E-state index contributed by atoms with van der Waals surface area (Å²) >= 11 is 0. The number of esters is 1. The van der Waals surface area contributed by atoms with E-state index >= 15 is 0 Å². The van der Waals surface area contributed by atoms with E-state index in [-0.39, 0.29) is 22.9 Å². The van der Waals surface area contributed by atoms with Crippen molar-refractivity contribution in [3.8, 4) is 6.07 Å². The number of rotatable bonds is 0. The van der Waals surface area contributed by atoms with Gasteiger partial charge in [-0.25, -0.2) is 0 Å². The molecule has 0 N–H and O–H groups in total. The molecule has 3 fully saturated rings. The summed E-state index contributed by atoms with van der Waals surface area (Å²) in [5.74, 6) is 0.112. The smallest absolute Gasteiger partial charge is 0.327 e. The van der Waals surface area contributed by atoms with Crippen molar-refractivity contribution in [1.82, 2.24) is 0 Å². The molecular formula is C12H15NO2. The largest absolute Gasteiger partial charge is 0.460 e. The van der Waals surface area contributed by atoms with Crippen LogP contribution in [0.5, 0.6) is 0 Å². The summed E-state index contributed by atoms with van der Waals surface area (Å²) in [6.45, 7) is 6.40. The number of nitriles is 1. The normalized spacial score (nSPS) is 60.5. The van der Waals surface area contributed by atoms with Gasteiger partial charge in [0.05, 0.1) is 6.07 Å². The van der Waals surface area contributed by atoms with Crippen molar-refractivity contribution >= 4 is 5.97 Å². The lowest BCUT2D eigenvalue weighted by Crippen LogP contribution is -2.43. The van der Waals surface area contributed by atoms with Crippen molar-refractivity contribution in [3.05, 3.63) is 0 Å². The molecule has 1 saturated heterocycles. The second-order valence-corrected chi connectivity index (χ2v) is 6.06. The van der Waals surface area contributed by atoms with Gasteiger partial charge < -0.3 is 4.74 Å². The van der Waals surface area contributed by atoms with Gasteiger partial charge in [-0.05, 0) is 24.2 Å². The predicted octanol–water partition coefficient (Wildman–Crippen LogP) is 1.88. The summed E-state index contributed by atoms with van der Waals surface area (Å²) < 4.78 is 5.45. The van der Waals surface area contributed by atoms with Crippen LogP contribution >= 0.6 is 0 Å². The molecule has 1 aliphatic heterocycles. The molecule has 0 radical (unpaired) electrons. The summed E-state index contributed by atoms with van der Waals surface area (Å²) in [4.78, 5) is 11.9. The first-order valence-corrected chi connectivity index (χ1v) is 5.52. The van der Waals surface area contributed by atoms with E-state index in [0.717, 1.165) is 6.42 Å². The van der Waals surface area contributed by atoms with Crippen LogP contribution in [-0.4, -0.2) is 12.1 Å². The first-order valence-electron chi connectivity index (χ1n) is 5.52. The second kappa shape index (κ2) is 2.07. The Hall–Kier alpha value is -1.04. The fraction of sp³-hybridized carbons (Fsp3) is 0.833. The molecule has 3 aliphatic rings. The third kappa shape index (κ3) is 0.649. The summed E-state index contributed by atoms with van der Waals surface area (Å²) in [6.07, 6.45) is 1.60. The van der Waals surface area contributed by atoms with Gasteiger partial charge in [-0.3, -0.25) is 4.79 Å². The molecule has 2 saturated carbocycles. The lowest BCUT2D eigenvalue weighted by molar-refractivity contribution is -0.146. The first kappa shape index (κ1) is 9.21. The zero-order chi connectivity index (χ0) is 11.1. The van der Waals surface area contributed by atoms with E-state index in [0.29, 0.717) is 12.3 Å². The van der Waals surface area contributed by atoms with Crippen molar-refractivity contribution in [2.75, 3.05) is 0 Å².